The molecule has 0 spiro atoms. The maximum absolute atomic E-state index is 13.4. The zero-order valence-electron chi connectivity index (χ0n) is 19.0. The van der Waals surface area contributed by atoms with Crippen LogP contribution >= 0.6 is 0 Å². The number of phenolic OH excluding ortho intramolecular Hbond substituents is 1. The van der Waals surface area contributed by atoms with Gasteiger partial charge in [-0.15, -0.1) is 0 Å². The van der Waals surface area contributed by atoms with Crippen molar-refractivity contribution in [2.24, 2.45) is 10.9 Å². The summed E-state index contributed by atoms with van der Waals surface area (Å²) in [7, 11) is 1.86. The van der Waals surface area contributed by atoms with Gasteiger partial charge in [0.25, 0.3) is 0 Å². The van der Waals surface area contributed by atoms with E-state index in [2.05, 4.69) is 35.3 Å². The predicted octanol–water partition coefficient (Wildman–Crippen LogP) is 5.16. The van der Waals surface area contributed by atoms with Crippen LogP contribution < -0.4 is 4.90 Å². The second-order valence-corrected chi connectivity index (χ2v) is 9.20. The van der Waals surface area contributed by atoms with Crippen molar-refractivity contribution < 1.29 is 9.50 Å². The molecule has 2 heterocycles. The first kappa shape index (κ1) is 21.7. The molecule has 3 aliphatic rings. The Balaban J connectivity index is 1.51. The van der Waals surface area contributed by atoms with Crippen LogP contribution in [0.15, 0.2) is 65.3 Å². The molecule has 2 aromatic rings. The summed E-state index contributed by atoms with van der Waals surface area (Å²) in [6.45, 7) is 7.53. The predicted molar refractivity (Wildman–Crippen MR) is 135 cm³/mol. The van der Waals surface area contributed by atoms with Crippen molar-refractivity contribution in [2.45, 2.75) is 45.2 Å². The molecule has 2 aromatic carbocycles. The van der Waals surface area contributed by atoms with E-state index in [4.69, 9.17) is 4.99 Å². The van der Waals surface area contributed by atoms with Gasteiger partial charge in [-0.1, -0.05) is 0 Å². The number of halogens is 1. The Morgan fingerprint density at radius 1 is 1.09 bits per heavy atom. The van der Waals surface area contributed by atoms with E-state index >= 15 is 0 Å². The van der Waals surface area contributed by atoms with Crippen LogP contribution in [0.1, 0.15) is 43.7 Å². The molecule has 0 fully saturated rings. The zero-order valence-corrected chi connectivity index (χ0v) is 19.0. The van der Waals surface area contributed by atoms with Crippen molar-refractivity contribution in [1.29, 1.82) is 0 Å². The second kappa shape index (κ2) is 9.01. The molecule has 0 bridgehead atoms. The molecular weight excluding hydrogens is 412 g/mol. The number of allylic oxidation sites excluding steroid dienone is 3. The van der Waals surface area contributed by atoms with Gasteiger partial charge in [-0.05, 0) is 0 Å². The fourth-order valence-electron chi connectivity index (χ4n) is 5.17. The Labute approximate surface area is 195 Å². The van der Waals surface area contributed by atoms with Crippen LogP contribution in [0.25, 0.3) is 5.57 Å². The van der Waals surface area contributed by atoms with Crippen LogP contribution in [0.5, 0.6) is 5.75 Å². The molecule has 1 aliphatic carbocycles. The molecule has 0 radical (unpaired) electrons. The van der Waals surface area contributed by atoms with Crippen LogP contribution in [0, 0.1) is 11.7 Å². The topological polar surface area (TPSA) is 39.1 Å². The van der Waals surface area contributed by atoms with Gasteiger partial charge in [-0.2, -0.15) is 0 Å². The number of hydrogen-bond donors (Lipinski definition) is 1. The Hall–Kier alpha value is -3.15. The fraction of sp³-hybridized carbons (Fsp3) is 0.333. The van der Waals surface area contributed by atoms with E-state index in [0.717, 1.165) is 48.3 Å². The number of fused-ring (bicyclic) bond motifs is 3. The Kier molecular flexibility index (Phi) is 5.92. The molecule has 2 unspecified atom stereocenters. The van der Waals surface area contributed by atoms with Crippen LogP contribution in [0.3, 0.4) is 0 Å². The maximum atomic E-state index is 13.4. The van der Waals surface area contributed by atoms with Crippen LogP contribution in [0.4, 0.5) is 10.1 Å². The van der Waals surface area contributed by atoms with Crippen LogP contribution in [0.2, 0.25) is 0 Å². The molecule has 6 heteroatoms. The number of aromatic hydroxyl groups is 1. The summed E-state index contributed by atoms with van der Waals surface area (Å²) in [5.74, 6) is 1.49. The molecule has 0 aromatic heterocycles. The third-order valence-corrected chi connectivity index (χ3v) is 6.88. The van der Waals surface area contributed by atoms with Crippen molar-refractivity contribution in [3.05, 3.63) is 77.3 Å². The number of amidine groups is 1. The first-order chi connectivity index (χ1) is 16.0. The third kappa shape index (κ3) is 4.39. The molecule has 1 N–H and O–H groups in total. The van der Waals surface area contributed by atoms with Crippen molar-refractivity contribution in [2.75, 3.05) is 11.4 Å². The van der Waals surface area contributed by atoms with Crippen LogP contribution in [-0.2, 0) is 6.54 Å². The van der Waals surface area contributed by atoms with Gasteiger partial charge in [-0.25, -0.2) is 4.39 Å². The van der Waals surface area contributed by atoms with Crippen molar-refractivity contribution in [3.63, 3.8) is 0 Å². The quantitative estimate of drug-likeness (QED) is 0.669. The third-order valence-electron chi connectivity index (χ3n) is 6.88. The minimum absolute atomic E-state index is 0.197. The minimum atomic E-state index is -0.197. The molecule has 0 saturated heterocycles. The summed E-state index contributed by atoms with van der Waals surface area (Å²) in [5.41, 5.74) is 5.85. The summed E-state index contributed by atoms with van der Waals surface area (Å²) in [6.07, 6.45) is 8.52. The van der Waals surface area contributed by atoms with Crippen LogP contribution in [-0.4, -0.2) is 41.9 Å². The van der Waals surface area contributed by atoms with Gasteiger partial charge in [-0.3, -0.25) is 0 Å². The molecule has 168 valence electrons. The number of aliphatic imine (C=N–C) groups is 1. The molecule has 2 atom stereocenters. The van der Waals surface area contributed by atoms with E-state index in [1.807, 2.05) is 31.3 Å². The molecule has 33 heavy (non-hydrogen) atoms. The molecule has 2 aliphatic heterocycles. The first-order valence-electron chi connectivity index (χ1n) is 11.7. The van der Waals surface area contributed by atoms with E-state index in [1.165, 1.54) is 23.4 Å². The number of phenols is 1. The number of rotatable bonds is 3. The average Bonchev–Trinajstić information content (AvgIpc) is 3.07. The monoisotopic (exact) mass is 441 g/mol. The molecule has 5 rings (SSSR count). The standard InChI is InChI=1S/C27H29BFN3O/c1-18-3-13-25(21-6-4-19(5-7-21)20-8-10-23(29)11-9-20)32-26-14-12-24(33)15-22(26)16-31(28-2)17-27(32)30-18/h4,8-15,18,21,33H,2-3,5-7,16-17H2,1H3. The van der Waals surface area contributed by atoms with Gasteiger partial charge in [0.2, 0.25) is 0 Å². The summed E-state index contributed by atoms with van der Waals surface area (Å²) < 4.78 is 13.4. The van der Waals surface area contributed by atoms with Gasteiger partial charge in [0.1, 0.15) is 5.82 Å². The zero-order chi connectivity index (χ0) is 22.9. The van der Waals surface area contributed by atoms with E-state index < -0.39 is 0 Å². The van der Waals surface area contributed by atoms with E-state index in [0.29, 0.717) is 19.0 Å². The van der Waals surface area contributed by atoms with Crippen molar-refractivity contribution >= 4 is 30.6 Å². The average molecular weight is 441 g/mol. The molecule has 4 nitrogen and oxygen atoms in total. The van der Waals surface area contributed by atoms with E-state index in [9.17, 15) is 9.50 Å². The van der Waals surface area contributed by atoms with Gasteiger partial charge >= 0.3 is 185 Å². The number of nitrogens with zero attached hydrogens (tertiary/aromatic N) is 3. The Morgan fingerprint density at radius 3 is 2.64 bits per heavy atom. The first-order valence-corrected chi connectivity index (χ1v) is 11.7. The number of hydrogen-bond acceptors (Lipinski definition) is 4. The summed E-state index contributed by atoms with van der Waals surface area (Å²) in [4.78, 5) is 9.57. The second-order valence-electron chi connectivity index (χ2n) is 9.20. The fourth-order valence-corrected chi connectivity index (χ4v) is 5.17. The Bertz CT molecular complexity index is 1150. The van der Waals surface area contributed by atoms with Gasteiger partial charge in [0.05, 0.1) is 0 Å². The SMILES string of the molecule is C=BN1CC2=NC(C)CC=C(C3CC=C(c4ccc(F)cc4)CC3)N2c2ccc(O)cc2C1. The van der Waals surface area contributed by atoms with Crippen molar-refractivity contribution in [3.8, 4) is 5.75 Å². The number of benzene rings is 2. The molecule has 0 amide bonds. The van der Waals surface area contributed by atoms with E-state index in [1.54, 1.807) is 6.07 Å². The molecule has 0 saturated carbocycles. The van der Waals surface area contributed by atoms with Gasteiger partial charge in [0, 0.05) is 0 Å². The van der Waals surface area contributed by atoms with E-state index in [-0.39, 0.29) is 17.6 Å². The van der Waals surface area contributed by atoms with Crippen molar-refractivity contribution in [1.82, 2.24) is 4.81 Å². The van der Waals surface area contributed by atoms with Gasteiger partial charge < -0.3 is 0 Å². The summed E-state index contributed by atoms with van der Waals surface area (Å²) in [5, 5.41) is 10.2. The number of anilines is 1. The summed E-state index contributed by atoms with van der Waals surface area (Å²) in [6, 6.07) is 12.7. The van der Waals surface area contributed by atoms with Gasteiger partial charge in [0.15, 0.2) is 0 Å². The molecular formula is C27H29BFN3O. The normalized spacial score (nSPS) is 22.7. The Morgan fingerprint density at radius 2 is 1.91 bits per heavy atom. The summed E-state index contributed by atoms with van der Waals surface area (Å²) >= 11 is 0.